The first-order chi connectivity index (χ1) is 13.1. The fraction of sp³-hybridized carbons (Fsp3) is 0.250. The van der Waals surface area contributed by atoms with Gasteiger partial charge in [-0.05, 0) is 36.8 Å². The van der Waals surface area contributed by atoms with Crippen LogP contribution in [0.1, 0.15) is 12.5 Å². The van der Waals surface area contributed by atoms with E-state index in [2.05, 4.69) is 27.0 Å². The molecule has 1 amide bonds. The summed E-state index contributed by atoms with van der Waals surface area (Å²) in [5.41, 5.74) is 6.65. The van der Waals surface area contributed by atoms with Gasteiger partial charge in [-0.2, -0.15) is 5.10 Å². The number of thioether (sulfide) groups is 1. The van der Waals surface area contributed by atoms with Crippen molar-refractivity contribution < 1.29 is 4.79 Å². The number of rotatable bonds is 7. The van der Waals surface area contributed by atoms with E-state index in [-0.39, 0.29) is 11.7 Å². The summed E-state index contributed by atoms with van der Waals surface area (Å²) in [6.07, 6.45) is 1.64. The molecule has 2 aromatic carbocycles. The van der Waals surface area contributed by atoms with Crippen molar-refractivity contribution in [1.29, 1.82) is 0 Å². The lowest BCUT2D eigenvalue weighted by atomic mass is 10.2. The molecular weight excluding hydrogens is 358 g/mol. The number of hydrazone groups is 1. The minimum Gasteiger partial charge on any atom is -0.378 e. The molecule has 1 N–H and O–H groups in total. The third kappa shape index (κ3) is 4.68. The molecular formula is C20H23N5OS. The van der Waals surface area contributed by atoms with Crippen molar-refractivity contribution in [2.24, 2.45) is 5.10 Å². The fourth-order valence-electron chi connectivity index (χ4n) is 2.67. The maximum atomic E-state index is 12.1. The van der Waals surface area contributed by atoms with Crippen molar-refractivity contribution in [3.8, 4) is 0 Å². The van der Waals surface area contributed by atoms with Crippen LogP contribution in [0, 0.1) is 0 Å². The molecule has 0 spiro atoms. The molecule has 7 heteroatoms. The highest BCUT2D eigenvalue weighted by Gasteiger charge is 2.11. The number of amides is 1. The number of aryl methyl sites for hydroxylation is 1. The van der Waals surface area contributed by atoms with Gasteiger partial charge in [-0.1, -0.05) is 36.0 Å². The number of nitrogens with zero attached hydrogens (tertiary/aromatic N) is 4. The number of para-hydroxylation sites is 2. The molecule has 6 nitrogen and oxygen atoms in total. The summed E-state index contributed by atoms with van der Waals surface area (Å²) < 4.78 is 2.11. The summed E-state index contributed by atoms with van der Waals surface area (Å²) in [6, 6.07) is 15.9. The van der Waals surface area contributed by atoms with Crippen LogP contribution < -0.4 is 10.3 Å². The first-order valence-electron chi connectivity index (χ1n) is 8.76. The maximum Gasteiger partial charge on any atom is 0.250 e. The lowest BCUT2D eigenvalue weighted by Crippen LogP contribution is -2.20. The zero-order valence-electron chi connectivity index (χ0n) is 15.7. The van der Waals surface area contributed by atoms with E-state index in [0.717, 1.165) is 34.0 Å². The van der Waals surface area contributed by atoms with E-state index in [4.69, 9.17) is 0 Å². The van der Waals surface area contributed by atoms with Crippen LogP contribution in [0.4, 0.5) is 5.69 Å². The van der Waals surface area contributed by atoms with Crippen LogP contribution >= 0.6 is 11.8 Å². The molecule has 140 valence electrons. The van der Waals surface area contributed by atoms with Gasteiger partial charge in [-0.3, -0.25) is 4.79 Å². The molecule has 3 aromatic rings. The Hall–Kier alpha value is -2.80. The second kappa shape index (κ2) is 8.73. The summed E-state index contributed by atoms with van der Waals surface area (Å²) in [5.74, 6) is 0.108. The van der Waals surface area contributed by atoms with E-state index in [1.54, 1.807) is 6.21 Å². The van der Waals surface area contributed by atoms with Crippen LogP contribution in [0.25, 0.3) is 11.0 Å². The van der Waals surface area contributed by atoms with Gasteiger partial charge in [0.2, 0.25) is 0 Å². The molecule has 0 radical (unpaired) electrons. The largest absolute Gasteiger partial charge is 0.378 e. The Bertz CT molecular complexity index is 947. The zero-order chi connectivity index (χ0) is 19.2. The van der Waals surface area contributed by atoms with Gasteiger partial charge in [0.25, 0.3) is 5.91 Å². The Morgan fingerprint density at radius 3 is 2.67 bits per heavy atom. The topological polar surface area (TPSA) is 62.5 Å². The number of carbonyl (C=O) groups excluding carboxylic acids is 1. The van der Waals surface area contributed by atoms with Crippen LogP contribution in [0.3, 0.4) is 0 Å². The third-order valence-electron chi connectivity index (χ3n) is 4.08. The number of imidazole rings is 1. The second-order valence-electron chi connectivity index (χ2n) is 6.20. The van der Waals surface area contributed by atoms with Gasteiger partial charge < -0.3 is 9.47 Å². The summed E-state index contributed by atoms with van der Waals surface area (Å²) in [6.45, 7) is 2.88. The van der Waals surface area contributed by atoms with Crippen LogP contribution in [0.5, 0.6) is 0 Å². The van der Waals surface area contributed by atoms with Gasteiger partial charge in [-0.25, -0.2) is 10.4 Å². The molecule has 3 rings (SSSR count). The highest BCUT2D eigenvalue weighted by Crippen LogP contribution is 2.23. The third-order valence-corrected chi connectivity index (χ3v) is 5.06. The first-order valence-corrected chi connectivity index (χ1v) is 9.74. The molecule has 0 aliphatic rings. The number of anilines is 1. The van der Waals surface area contributed by atoms with Crippen molar-refractivity contribution in [1.82, 2.24) is 15.0 Å². The molecule has 0 aliphatic carbocycles. The van der Waals surface area contributed by atoms with Crippen molar-refractivity contribution in [3.63, 3.8) is 0 Å². The van der Waals surface area contributed by atoms with Gasteiger partial charge in [-0.15, -0.1) is 0 Å². The molecule has 0 atom stereocenters. The SMILES string of the molecule is CCn1c(SCC(=O)N/N=C/c2ccc(N(C)C)cc2)nc2ccccc21. The molecule has 0 aliphatic heterocycles. The number of carbonyl (C=O) groups is 1. The van der Waals surface area contributed by atoms with E-state index >= 15 is 0 Å². The predicted molar refractivity (Wildman–Crippen MR) is 113 cm³/mol. The molecule has 0 fully saturated rings. The molecule has 0 bridgehead atoms. The minimum absolute atomic E-state index is 0.157. The van der Waals surface area contributed by atoms with Crippen molar-refractivity contribution >= 4 is 40.6 Å². The van der Waals surface area contributed by atoms with Crippen LogP contribution in [0.2, 0.25) is 0 Å². The lowest BCUT2D eigenvalue weighted by molar-refractivity contribution is -0.118. The van der Waals surface area contributed by atoms with E-state index in [1.807, 2.05) is 67.5 Å². The number of aromatic nitrogens is 2. The Labute approximate surface area is 163 Å². The average Bonchev–Trinajstić information content (AvgIpc) is 3.04. The fourth-order valence-corrected chi connectivity index (χ4v) is 3.54. The number of hydrogen-bond acceptors (Lipinski definition) is 5. The quantitative estimate of drug-likeness (QED) is 0.387. The molecule has 0 saturated carbocycles. The number of nitrogens with one attached hydrogen (secondary N) is 1. The Balaban J connectivity index is 1.55. The van der Waals surface area contributed by atoms with Crippen molar-refractivity contribution in [2.45, 2.75) is 18.6 Å². The van der Waals surface area contributed by atoms with Crippen molar-refractivity contribution in [3.05, 3.63) is 54.1 Å². The number of hydrogen-bond donors (Lipinski definition) is 1. The number of fused-ring (bicyclic) bond motifs is 1. The predicted octanol–water partition coefficient (Wildman–Crippen LogP) is 3.36. The number of benzene rings is 2. The maximum absolute atomic E-state index is 12.1. The molecule has 27 heavy (non-hydrogen) atoms. The van der Waals surface area contributed by atoms with Gasteiger partial charge >= 0.3 is 0 Å². The Morgan fingerprint density at radius 2 is 1.96 bits per heavy atom. The highest BCUT2D eigenvalue weighted by atomic mass is 32.2. The second-order valence-corrected chi connectivity index (χ2v) is 7.14. The monoisotopic (exact) mass is 381 g/mol. The molecule has 0 saturated heterocycles. The summed E-state index contributed by atoms with van der Waals surface area (Å²) >= 11 is 1.42. The first kappa shape index (κ1) is 19.0. The summed E-state index contributed by atoms with van der Waals surface area (Å²) in [7, 11) is 3.99. The summed E-state index contributed by atoms with van der Waals surface area (Å²) in [5, 5.41) is 4.88. The smallest absolute Gasteiger partial charge is 0.250 e. The van der Waals surface area contributed by atoms with E-state index in [0.29, 0.717) is 0 Å². The van der Waals surface area contributed by atoms with Gasteiger partial charge in [0.15, 0.2) is 5.16 Å². The lowest BCUT2D eigenvalue weighted by Gasteiger charge is -2.11. The van der Waals surface area contributed by atoms with E-state index in [9.17, 15) is 4.79 Å². The van der Waals surface area contributed by atoms with Gasteiger partial charge in [0, 0.05) is 26.3 Å². The van der Waals surface area contributed by atoms with Crippen LogP contribution in [0.15, 0.2) is 58.8 Å². The van der Waals surface area contributed by atoms with E-state index < -0.39 is 0 Å². The van der Waals surface area contributed by atoms with Crippen LogP contribution in [-0.4, -0.2) is 41.5 Å². The standard InChI is InChI=1S/C20H23N5OS/c1-4-25-18-8-6-5-7-17(18)22-20(25)27-14-19(26)23-21-13-15-9-11-16(12-10-15)24(2)3/h5-13H,4,14H2,1-3H3,(H,23,26)/b21-13+. The Morgan fingerprint density at radius 1 is 1.22 bits per heavy atom. The van der Waals surface area contributed by atoms with Gasteiger partial charge in [0.05, 0.1) is 23.0 Å². The van der Waals surface area contributed by atoms with Crippen molar-refractivity contribution in [2.75, 3.05) is 24.7 Å². The average molecular weight is 382 g/mol. The highest BCUT2D eigenvalue weighted by molar-refractivity contribution is 7.99. The molecule has 0 unspecified atom stereocenters. The van der Waals surface area contributed by atoms with E-state index in [1.165, 1.54) is 11.8 Å². The van der Waals surface area contributed by atoms with Gasteiger partial charge in [0.1, 0.15) is 0 Å². The zero-order valence-corrected chi connectivity index (χ0v) is 16.5. The normalized spacial score (nSPS) is 11.2. The Kier molecular flexibility index (Phi) is 6.13. The van der Waals surface area contributed by atoms with Crippen LogP contribution in [-0.2, 0) is 11.3 Å². The minimum atomic E-state index is -0.157. The molecule has 1 aromatic heterocycles. The molecule has 1 heterocycles. The summed E-state index contributed by atoms with van der Waals surface area (Å²) in [4.78, 5) is 18.7.